The number of aryl methyl sites for hydroxylation is 1. The number of nitrogens with one attached hydrogen (secondary N) is 2. The zero-order valence-electron chi connectivity index (χ0n) is 18.7. The Morgan fingerprint density at radius 2 is 1.97 bits per heavy atom. The fraction of sp³-hybridized carbons (Fsp3) is 0.522. The fourth-order valence-electron chi connectivity index (χ4n) is 4.11. The Labute approximate surface area is 181 Å². The van der Waals surface area contributed by atoms with Crippen LogP contribution in [0.15, 0.2) is 22.6 Å². The number of rotatable bonds is 6. The third-order valence-corrected chi connectivity index (χ3v) is 5.78. The van der Waals surface area contributed by atoms with Gasteiger partial charge in [0.25, 0.3) is 5.89 Å². The number of pyridine rings is 1. The molecule has 1 aliphatic carbocycles. The summed E-state index contributed by atoms with van der Waals surface area (Å²) in [6.07, 6.45) is 0.634. The van der Waals surface area contributed by atoms with Gasteiger partial charge in [-0.15, -0.1) is 5.10 Å². The highest BCUT2D eigenvalue weighted by molar-refractivity contribution is 5.90. The maximum atomic E-state index is 12.8. The van der Waals surface area contributed by atoms with Gasteiger partial charge in [-0.1, -0.05) is 25.9 Å². The highest BCUT2D eigenvalue weighted by Crippen LogP contribution is 2.36. The molecule has 0 bridgehead atoms. The molecular formula is C23H30FN5O2. The number of nitrogens with zero attached hydrogens (tertiary/aromatic N) is 3. The van der Waals surface area contributed by atoms with E-state index in [-0.39, 0.29) is 17.5 Å². The topological polar surface area (TPSA) is 96.1 Å². The third kappa shape index (κ3) is 4.21. The lowest BCUT2D eigenvalue weighted by molar-refractivity contribution is -0.0592. The van der Waals surface area contributed by atoms with E-state index in [0.29, 0.717) is 24.4 Å². The van der Waals surface area contributed by atoms with E-state index < -0.39 is 12.3 Å². The monoisotopic (exact) mass is 427 g/mol. The predicted octanol–water partition coefficient (Wildman–Crippen LogP) is 4.60. The second-order valence-corrected chi connectivity index (χ2v) is 9.54. The van der Waals surface area contributed by atoms with Gasteiger partial charge in [0.05, 0.1) is 11.1 Å². The predicted molar refractivity (Wildman–Crippen MR) is 120 cm³/mol. The van der Waals surface area contributed by atoms with Crippen molar-refractivity contribution in [3.05, 3.63) is 29.3 Å². The minimum absolute atomic E-state index is 0.0858. The van der Waals surface area contributed by atoms with E-state index in [2.05, 4.69) is 67.6 Å². The lowest BCUT2D eigenvalue weighted by atomic mass is 9.77. The van der Waals surface area contributed by atoms with Crippen molar-refractivity contribution in [2.24, 2.45) is 0 Å². The number of fused-ring (bicyclic) bond motifs is 1. The van der Waals surface area contributed by atoms with Gasteiger partial charge in [0, 0.05) is 23.7 Å². The summed E-state index contributed by atoms with van der Waals surface area (Å²) in [7, 11) is 0. The van der Waals surface area contributed by atoms with Gasteiger partial charge in [0.1, 0.15) is 12.4 Å². The molecule has 1 saturated carbocycles. The van der Waals surface area contributed by atoms with Crippen LogP contribution in [0.4, 0.5) is 16.1 Å². The first-order chi connectivity index (χ1) is 14.6. The minimum atomic E-state index is -1.23. The lowest BCUT2D eigenvalue weighted by Crippen LogP contribution is -2.52. The second kappa shape index (κ2) is 7.75. The first-order valence-electron chi connectivity index (χ1n) is 10.7. The Balaban J connectivity index is 1.68. The van der Waals surface area contributed by atoms with E-state index in [1.165, 1.54) is 0 Å². The largest absolute Gasteiger partial charge is 0.402 e. The Hall–Kier alpha value is -2.74. The standard InChI is InChI=1S/C23H30FN5O2/c1-6-25-14-8-16-13(2)7-18(27-19(16)17(9-14)22(3,4)5)20-28-29-21(31-20)26-15-10-23(30,11-15)12-24/h7-9,15,25,30H,6,10-12H2,1-5H3,(H,26,29). The molecule has 0 amide bonds. The van der Waals surface area contributed by atoms with E-state index in [1.807, 2.05) is 6.07 Å². The zero-order chi connectivity index (χ0) is 22.4. The van der Waals surface area contributed by atoms with Crippen LogP contribution in [0.5, 0.6) is 0 Å². The smallest absolute Gasteiger partial charge is 0.316 e. The molecule has 7 nitrogen and oxygen atoms in total. The molecule has 0 saturated heterocycles. The summed E-state index contributed by atoms with van der Waals surface area (Å²) in [4.78, 5) is 4.90. The summed E-state index contributed by atoms with van der Waals surface area (Å²) < 4.78 is 18.6. The Kier molecular flexibility index (Phi) is 5.37. The van der Waals surface area contributed by atoms with Crippen molar-refractivity contribution < 1.29 is 13.9 Å². The van der Waals surface area contributed by atoms with Crippen molar-refractivity contribution in [3.63, 3.8) is 0 Å². The Bertz CT molecular complexity index is 1100. The maximum Gasteiger partial charge on any atom is 0.316 e. The second-order valence-electron chi connectivity index (χ2n) is 9.54. The molecule has 0 aliphatic heterocycles. The van der Waals surface area contributed by atoms with Crippen molar-refractivity contribution in [1.29, 1.82) is 0 Å². The lowest BCUT2D eigenvalue weighted by Gasteiger charge is -2.41. The molecule has 8 heteroatoms. The van der Waals surface area contributed by atoms with Crippen LogP contribution in [-0.4, -0.2) is 45.2 Å². The van der Waals surface area contributed by atoms with Gasteiger partial charge in [-0.25, -0.2) is 9.37 Å². The molecule has 1 fully saturated rings. The summed E-state index contributed by atoms with van der Waals surface area (Å²) in [5, 5.41) is 25.6. The molecule has 3 aromatic rings. The fourth-order valence-corrected chi connectivity index (χ4v) is 4.11. The van der Waals surface area contributed by atoms with Crippen LogP contribution in [-0.2, 0) is 5.41 Å². The van der Waals surface area contributed by atoms with Crippen molar-refractivity contribution >= 4 is 22.6 Å². The summed E-state index contributed by atoms with van der Waals surface area (Å²) in [6, 6.07) is 6.40. The third-order valence-electron chi connectivity index (χ3n) is 5.78. The van der Waals surface area contributed by atoms with Crippen LogP contribution in [0.3, 0.4) is 0 Å². The summed E-state index contributed by atoms with van der Waals surface area (Å²) in [6.45, 7) is 10.8. The minimum Gasteiger partial charge on any atom is -0.402 e. The van der Waals surface area contributed by atoms with E-state index in [9.17, 15) is 9.50 Å². The summed E-state index contributed by atoms with van der Waals surface area (Å²) >= 11 is 0. The first-order valence-corrected chi connectivity index (χ1v) is 10.7. The van der Waals surface area contributed by atoms with Gasteiger partial charge in [0.2, 0.25) is 0 Å². The van der Waals surface area contributed by atoms with Crippen LogP contribution in [0, 0.1) is 6.92 Å². The van der Waals surface area contributed by atoms with Gasteiger partial charge < -0.3 is 20.2 Å². The van der Waals surface area contributed by atoms with Crippen LogP contribution in [0.2, 0.25) is 0 Å². The average Bonchev–Trinajstić information content (AvgIpc) is 3.14. The maximum absolute atomic E-state index is 12.8. The average molecular weight is 428 g/mol. The molecule has 3 N–H and O–H groups in total. The molecule has 2 heterocycles. The van der Waals surface area contributed by atoms with Gasteiger partial charge in [0.15, 0.2) is 0 Å². The van der Waals surface area contributed by atoms with Gasteiger partial charge in [-0.05, 0) is 61.4 Å². The summed E-state index contributed by atoms with van der Waals surface area (Å²) in [5.41, 5.74) is 3.50. The van der Waals surface area contributed by atoms with Gasteiger partial charge in [-0.2, -0.15) is 0 Å². The summed E-state index contributed by atoms with van der Waals surface area (Å²) in [5.74, 6) is 0.322. The Morgan fingerprint density at radius 3 is 2.61 bits per heavy atom. The SMILES string of the molecule is CCNc1cc(C(C)(C)C)c2nc(-c3nnc(NC4CC(O)(CF)C4)o3)cc(C)c2c1. The number of anilines is 2. The number of aliphatic hydroxyl groups is 1. The highest BCUT2D eigenvalue weighted by atomic mass is 19.1. The van der Waals surface area contributed by atoms with Crippen molar-refractivity contribution in [2.75, 3.05) is 23.9 Å². The molecule has 0 unspecified atom stereocenters. The normalized spacial score (nSPS) is 21.2. The molecule has 2 aromatic heterocycles. The molecule has 4 rings (SSSR count). The van der Waals surface area contributed by atoms with Crippen LogP contribution < -0.4 is 10.6 Å². The number of benzene rings is 1. The van der Waals surface area contributed by atoms with Gasteiger partial charge in [-0.3, -0.25) is 0 Å². The number of aromatic nitrogens is 3. The van der Waals surface area contributed by atoms with Crippen molar-refractivity contribution in [1.82, 2.24) is 15.2 Å². The van der Waals surface area contributed by atoms with E-state index in [0.717, 1.165) is 34.3 Å². The Morgan fingerprint density at radius 1 is 1.23 bits per heavy atom. The number of hydrogen-bond donors (Lipinski definition) is 3. The van der Waals surface area contributed by atoms with Gasteiger partial charge >= 0.3 is 6.01 Å². The molecule has 0 atom stereocenters. The van der Waals surface area contributed by atoms with Crippen LogP contribution >= 0.6 is 0 Å². The van der Waals surface area contributed by atoms with Crippen LogP contribution in [0.25, 0.3) is 22.5 Å². The molecule has 0 radical (unpaired) electrons. The van der Waals surface area contributed by atoms with Crippen molar-refractivity contribution in [2.45, 2.75) is 64.5 Å². The molecule has 166 valence electrons. The van der Waals surface area contributed by atoms with Crippen molar-refractivity contribution in [3.8, 4) is 11.6 Å². The quantitative estimate of drug-likeness (QED) is 0.529. The highest BCUT2D eigenvalue weighted by Gasteiger charge is 2.43. The molecule has 0 spiro atoms. The van der Waals surface area contributed by atoms with E-state index >= 15 is 0 Å². The number of halogens is 1. The van der Waals surface area contributed by atoms with Crippen LogP contribution in [0.1, 0.15) is 51.7 Å². The van der Waals surface area contributed by atoms with E-state index in [4.69, 9.17) is 9.40 Å². The van der Waals surface area contributed by atoms with E-state index in [1.54, 1.807) is 0 Å². The molecule has 1 aromatic carbocycles. The zero-order valence-corrected chi connectivity index (χ0v) is 18.7. The molecule has 31 heavy (non-hydrogen) atoms. The number of hydrogen-bond acceptors (Lipinski definition) is 7. The number of alkyl halides is 1. The molecular weight excluding hydrogens is 397 g/mol. The molecule has 1 aliphatic rings. The first kappa shape index (κ1) is 21.5.